The summed E-state index contributed by atoms with van der Waals surface area (Å²) in [6, 6.07) is -0.0393. The average Bonchev–Trinajstić information content (AvgIpc) is 2.97. The van der Waals surface area contributed by atoms with Crippen molar-refractivity contribution in [2.45, 2.75) is 31.4 Å². The van der Waals surface area contributed by atoms with Gasteiger partial charge in [-0.2, -0.15) is 0 Å². The van der Waals surface area contributed by atoms with Crippen LogP contribution in [0, 0.1) is 11.8 Å². The minimum Gasteiger partial charge on any atom is -0.481 e. The Kier molecular flexibility index (Phi) is 2.89. The number of urea groups is 1. The first kappa shape index (κ1) is 11.8. The number of likely N-dealkylation sites (tertiary alicyclic amines) is 1. The van der Waals surface area contributed by atoms with Crippen LogP contribution >= 0.6 is 0 Å². The fraction of sp³-hybridized carbons (Fsp3) is 0.833. The summed E-state index contributed by atoms with van der Waals surface area (Å²) >= 11 is 0. The number of carboxylic acids is 1. The van der Waals surface area contributed by atoms with Crippen LogP contribution in [0.1, 0.15) is 19.3 Å². The fourth-order valence-electron chi connectivity index (χ4n) is 2.71. The molecule has 100 valence electrons. The lowest BCUT2D eigenvalue weighted by Crippen LogP contribution is -2.58. The first-order chi connectivity index (χ1) is 8.65. The molecule has 18 heavy (non-hydrogen) atoms. The molecule has 6 nitrogen and oxygen atoms in total. The summed E-state index contributed by atoms with van der Waals surface area (Å²) in [6.07, 6.45) is 3.43. The molecular weight excluding hydrogens is 236 g/mol. The van der Waals surface area contributed by atoms with Gasteiger partial charge in [0.2, 0.25) is 0 Å². The van der Waals surface area contributed by atoms with Crippen molar-refractivity contribution in [1.82, 2.24) is 10.2 Å². The van der Waals surface area contributed by atoms with E-state index in [0.29, 0.717) is 25.6 Å². The molecule has 2 saturated heterocycles. The Morgan fingerprint density at radius 1 is 1.22 bits per heavy atom. The van der Waals surface area contributed by atoms with Crippen molar-refractivity contribution in [3.8, 4) is 0 Å². The van der Waals surface area contributed by atoms with E-state index < -0.39 is 11.9 Å². The van der Waals surface area contributed by atoms with Gasteiger partial charge in [0.25, 0.3) is 0 Å². The number of hydrogen-bond donors (Lipinski definition) is 2. The normalized spacial score (nSPS) is 32.1. The average molecular weight is 254 g/mol. The molecule has 0 aromatic rings. The van der Waals surface area contributed by atoms with Gasteiger partial charge in [0.15, 0.2) is 0 Å². The second kappa shape index (κ2) is 4.42. The van der Waals surface area contributed by atoms with Gasteiger partial charge in [-0.25, -0.2) is 4.79 Å². The highest BCUT2D eigenvalue weighted by Crippen LogP contribution is 2.38. The van der Waals surface area contributed by atoms with Crippen molar-refractivity contribution < 1.29 is 19.4 Å². The van der Waals surface area contributed by atoms with Gasteiger partial charge < -0.3 is 20.1 Å². The first-order valence-electron chi connectivity index (χ1n) is 6.55. The summed E-state index contributed by atoms with van der Waals surface area (Å²) in [5.41, 5.74) is 0. The summed E-state index contributed by atoms with van der Waals surface area (Å²) in [5, 5.41) is 11.7. The number of nitrogens with zero attached hydrogens (tertiary/aromatic N) is 1. The lowest BCUT2D eigenvalue weighted by molar-refractivity contribution is -0.146. The van der Waals surface area contributed by atoms with Crippen LogP contribution in [0.25, 0.3) is 0 Å². The van der Waals surface area contributed by atoms with Gasteiger partial charge in [0.05, 0.1) is 18.1 Å². The van der Waals surface area contributed by atoms with Crippen molar-refractivity contribution >= 4 is 12.0 Å². The topological polar surface area (TPSA) is 78.9 Å². The zero-order valence-corrected chi connectivity index (χ0v) is 10.2. The van der Waals surface area contributed by atoms with Crippen molar-refractivity contribution in [1.29, 1.82) is 0 Å². The predicted molar refractivity (Wildman–Crippen MR) is 62.1 cm³/mol. The highest BCUT2D eigenvalue weighted by Gasteiger charge is 2.43. The Hall–Kier alpha value is -1.30. The number of carbonyl (C=O) groups excluding carboxylic acids is 1. The largest absolute Gasteiger partial charge is 0.481 e. The van der Waals surface area contributed by atoms with Crippen LogP contribution in [0.5, 0.6) is 0 Å². The highest BCUT2D eigenvalue weighted by molar-refractivity contribution is 5.80. The fourth-order valence-corrected chi connectivity index (χ4v) is 2.71. The minimum absolute atomic E-state index is 0.105. The monoisotopic (exact) mass is 254 g/mol. The minimum atomic E-state index is -0.820. The molecule has 6 heteroatoms. The number of carbonyl (C=O) groups is 2. The molecule has 0 radical (unpaired) electrons. The summed E-state index contributed by atoms with van der Waals surface area (Å²) in [4.78, 5) is 24.1. The van der Waals surface area contributed by atoms with Gasteiger partial charge in [-0.05, 0) is 25.2 Å². The quantitative estimate of drug-likeness (QED) is 0.758. The molecule has 3 fully saturated rings. The zero-order valence-electron chi connectivity index (χ0n) is 10.2. The van der Waals surface area contributed by atoms with Crippen molar-refractivity contribution in [3.05, 3.63) is 0 Å². The van der Waals surface area contributed by atoms with Gasteiger partial charge >= 0.3 is 12.0 Å². The number of nitrogens with one attached hydrogen (secondary N) is 1. The van der Waals surface area contributed by atoms with E-state index in [1.54, 1.807) is 4.90 Å². The maximum atomic E-state index is 11.9. The Bertz CT molecular complexity index is 363. The molecule has 0 aromatic heterocycles. The molecule has 0 bridgehead atoms. The molecule has 2 N–H and O–H groups in total. The number of rotatable bonds is 3. The molecule has 0 aromatic carbocycles. The molecule has 2 atom stereocenters. The lowest BCUT2D eigenvalue weighted by Gasteiger charge is -2.37. The molecule has 2 aliphatic heterocycles. The van der Waals surface area contributed by atoms with Crippen LogP contribution < -0.4 is 5.32 Å². The third-order valence-corrected chi connectivity index (χ3v) is 4.05. The number of hydrogen-bond acceptors (Lipinski definition) is 3. The van der Waals surface area contributed by atoms with E-state index >= 15 is 0 Å². The molecular formula is C12H18N2O4. The molecule has 1 aliphatic carbocycles. The molecule has 1 saturated carbocycles. The van der Waals surface area contributed by atoms with Crippen molar-refractivity contribution in [3.63, 3.8) is 0 Å². The second-order valence-electron chi connectivity index (χ2n) is 5.46. The number of ether oxygens (including phenoxy) is 1. The van der Waals surface area contributed by atoms with Crippen LogP contribution in [-0.4, -0.2) is 53.8 Å². The first-order valence-corrected chi connectivity index (χ1v) is 6.55. The number of aliphatic carboxylic acids is 1. The molecule has 2 heterocycles. The predicted octanol–water partition coefficient (Wildman–Crippen LogP) is 0.280. The maximum Gasteiger partial charge on any atom is 0.317 e. The van der Waals surface area contributed by atoms with Crippen molar-refractivity contribution in [2.75, 3.05) is 19.7 Å². The van der Waals surface area contributed by atoms with E-state index in [1.807, 2.05) is 0 Å². The van der Waals surface area contributed by atoms with Crippen LogP contribution in [-0.2, 0) is 9.53 Å². The van der Waals surface area contributed by atoms with Gasteiger partial charge in [-0.3, -0.25) is 4.79 Å². The highest BCUT2D eigenvalue weighted by atomic mass is 16.5. The zero-order chi connectivity index (χ0) is 12.7. The van der Waals surface area contributed by atoms with Crippen LogP contribution in [0.2, 0.25) is 0 Å². The Morgan fingerprint density at radius 3 is 2.56 bits per heavy atom. The van der Waals surface area contributed by atoms with E-state index in [4.69, 9.17) is 9.84 Å². The summed E-state index contributed by atoms with van der Waals surface area (Å²) < 4.78 is 5.65. The van der Waals surface area contributed by atoms with Crippen LogP contribution in [0.3, 0.4) is 0 Å². The smallest absolute Gasteiger partial charge is 0.317 e. The van der Waals surface area contributed by atoms with Gasteiger partial charge in [-0.15, -0.1) is 0 Å². The van der Waals surface area contributed by atoms with E-state index in [2.05, 4.69) is 5.32 Å². The van der Waals surface area contributed by atoms with Crippen molar-refractivity contribution in [2.24, 2.45) is 11.8 Å². The number of carboxylic acid groups (broad SMARTS) is 1. The van der Waals surface area contributed by atoms with Gasteiger partial charge in [-0.1, -0.05) is 0 Å². The van der Waals surface area contributed by atoms with Crippen LogP contribution in [0.15, 0.2) is 0 Å². The maximum absolute atomic E-state index is 11.9. The molecule has 3 aliphatic rings. The summed E-state index contributed by atoms with van der Waals surface area (Å²) in [6.45, 7) is 1.36. The molecule has 2 amide bonds. The summed E-state index contributed by atoms with van der Waals surface area (Å²) in [7, 11) is 0. The molecule has 2 unspecified atom stereocenters. The third-order valence-electron chi connectivity index (χ3n) is 4.05. The van der Waals surface area contributed by atoms with Gasteiger partial charge in [0.1, 0.15) is 0 Å². The van der Waals surface area contributed by atoms with E-state index in [-0.39, 0.29) is 18.2 Å². The molecule has 3 rings (SSSR count). The SMILES string of the molecule is O=C(O)C1CN(C(=O)NC2CCOC2C2CC2)C1. The lowest BCUT2D eigenvalue weighted by atomic mass is 10.0. The Labute approximate surface area is 105 Å². The van der Waals surface area contributed by atoms with Crippen LogP contribution in [0.4, 0.5) is 4.79 Å². The van der Waals surface area contributed by atoms with E-state index in [9.17, 15) is 9.59 Å². The second-order valence-corrected chi connectivity index (χ2v) is 5.46. The number of amides is 2. The Morgan fingerprint density at radius 2 is 1.94 bits per heavy atom. The standard InChI is InChI=1S/C12H18N2O4/c15-11(16)8-5-14(6-8)12(17)13-9-3-4-18-10(9)7-1-2-7/h7-10H,1-6H2,(H,13,17)(H,15,16). The third kappa shape index (κ3) is 2.16. The van der Waals surface area contributed by atoms with E-state index in [0.717, 1.165) is 6.42 Å². The van der Waals surface area contributed by atoms with E-state index in [1.165, 1.54) is 12.8 Å². The van der Waals surface area contributed by atoms with Gasteiger partial charge in [0, 0.05) is 19.7 Å². The molecule has 0 spiro atoms. The summed E-state index contributed by atoms with van der Waals surface area (Å²) in [5.74, 6) is -0.602. The Balaban J connectivity index is 1.48.